The highest BCUT2D eigenvalue weighted by atomic mass is 32.2. The van der Waals surface area contributed by atoms with Crippen molar-refractivity contribution in [1.82, 2.24) is 0 Å². The minimum Gasteiger partial charge on any atom is -0.298 e. The molecule has 4 heteroatoms. The number of hydrogen-bond donors (Lipinski definition) is 0. The van der Waals surface area contributed by atoms with Crippen LogP contribution in [0.3, 0.4) is 0 Å². The lowest BCUT2D eigenvalue weighted by atomic mass is 10.0. The van der Waals surface area contributed by atoms with Crippen LogP contribution in [0.4, 0.5) is 0 Å². The van der Waals surface area contributed by atoms with Crippen LogP contribution < -0.4 is 0 Å². The number of carbonyl (C=O) groups is 1. The first kappa shape index (κ1) is 8.71. The van der Waals surface area contributed by atoms with Crippen LogP contribution in [0.1, 0.15) is 20.3 Å². The number of carbonyl (C=O) groups excluding carboxylic acids is 1. The summed E-state index contributed by atoms with van der Waals surface area (Å²) in [6.45, 7) is 3.46. The SMILES string of the molecule is CC(C)C(=O)C1CCS1(=O)=O. The molecule has 1 aliphatic rings. The Kier molecular flexibility index (Phi) is 2.05. The summed E-state index contributed by atoms with van der Waals surface area (Å²) in [5.74, 6) is -0.0952. The first-order valence-electron chi connectivity index (χ1n) is 3.70. The summed E-state index contributed by atoms with van der Waals surface area (Å²) in [6.07, 6.45) is 0.527. The molecule has 11 heavy (non-hydrogen) atoms. The molecule has 0 aliphatic carbocycles. The fourth-order valence-corrected chi connectivity index (χ4v) is 2.60. The second-order valence-electron chi connectivity index (χ2n) is 3.20. The van der Waals surface area contributed by atoms with E-state index in [1.807, 2.05) is 0 Å². The van der Waals surface area contributed by atoms with E-state index in [9.17, 15) is 13.2 Å². The fourth-order valence-electron chi connectivity index (χ4n) is 1.12. The van der Waals surface area contributed by atoms with Crippen molar-refractivity contribution >= 4 is 15.6 Å². The Morgan fingerprint density at radius 1 is 1.45 bits per heavy atom. The summed E-state index contributed by atoms with van der Waals surface area (Å²) < 4.78 is 21.9. The standard InChI is InChI=1S/C7H12O3S/c1-5(2)7(8)6-3-4-11(6,9)10/h5-6H,3-4H2,1-2H3. The van der Waals surface area contributed by atoms with E-state index in [0.29, 0.717) is 6.42 Å². The quantitative estimate of drug-likeness (QED) is 0.612. The van der Waals surface area contributed by atoms with Crippen LogP contribution in [0, 0.1) is 5.92 Å². The molecule has 0 aromatic heterocycles. The van der Waals surface area contributed by atoms with E-state index in [4.69, 9.17) is 0 Å². The van der Waals surface area contributed by atoms with Crippen molar-refractivity contribution in [2.75, 3.05) is 5.75 Å². The highest BCUT2D eigenvalue weighted by Gasteiger charge is 2.41. The molecule has 0 saturated carbocycles. The van der Waals surface area contributed by atoms with Gasteiger partial charge >= 0.3 is 0 Å². The van der Waals surface area contributed by atoms with Crippen molar-refractivity contribution in [3.63, 3.8) is 0 Å². The van der Waals surface area contributed by atoms with Gasteiger partial charge in [0.25, 0.3) is 0 Å². The second-order valence-corrected chi connectivity index (χ2v) is 5.50. The molecule has 1 fully saturated rings. The fraction of sp³-hybridized carbons (Fsp3) is 0.857. The van der Waals surface area contributed by atoms with Gasteiger partial charge in [0, 0.05) is 5.92 Å². The summed E-state index contributed by atoms with van der Waals surface area (Å²) in [4.78, 5) is 11.2. The molecule has 3 nitrogen and oxygen atoms in total. The Labute approximate surface area is 66.7 Å². The molecule has 1 heterocycles. The van der Waals surface area contributed by atoms with E-state index in [1.165, 1.54) is 0 Å². The molecule has 1 aliphatic heterocycles. The van der Waals surface area contributed by atoms with Gasteiger partial charge in [0.1, 0.15) is 5.25 Å². The van der Waals surface area contributed by atoms with Crippen LogP contribution in [-0.4, -0.2) is 25.2 Å². The molecule has 0 aromatic carbocycles. The predicted octanol–water partition coefficient (Wildman–Crippen LogP) is 0.399. The Balaban J connectivity index is 2.72. The maximum atomic E-state index is 11.2. The third kappa shape index (κ3) is 1.45. The molecule has 0 spiro atoms. The average Bonchev–Trinajstić information content (AvgIpc) is 1.85. The van der Waals surface area contributed by atoms with Crippen molar-refractivity contribution in [3.8, 4) is 0 Å². The zero-order chi connectivity index (χ0) is 8.65. The molecule has 1 rings (SSSR count). The number of Topliss-reactive ketones (excluding diaryl/α,β-unsaturated/α-hetero) is 1. The summed E-state index contributed by atoms with van der Waals surface area (Å²) in [5.41, 5.74) is 0. The molecule has 0 aromatic rings. The van der Waals surface area contributed by atoms with Gasteiger partial charge in [-0.15, -0.1) is 0 Å². The zero-order valence-corrected chi connectivity index (χ0v) is 7.52. The normalized spacial score (nSPS) is 28.1. The van der Waals surface area contributed by atoms with Gasteiger partial charge in [-0.25, -0.2) is 8.42 Å². The van der Waals surface area contributed by atoms with Gasteiger partial charge in [-0.3, -0.25) is 4.79 Å². The first-order chi connectivity index (χ1) is 4.95. The Bertz CT molecular complexity index is 263. The van der Waals surface area contributed by atoms with Crippen molar-refractivity contribution in [3.05, 3.63) is 0 Å². The summed E-state index contributed by atoms with van der Waals surface area (Å²) >= 11 is 0. The van der Waals surface area contributed by atoms with Crippen molar-refractivity contribution in [2.24, 2.45) is 5.92 Å². The van der Waals surface area contributed by atoms with Gasteiger partial charge in [-0.2, -0.15) is 0 Å². The first-order valence-corrected chi connectivity index (χ1v) is 5.42. The third-order valence-corrected chi connectivity index (χ3v) is 4.12. The molecule has 0 N–H and O–H groups in total. The highest BCUT2D eigenvalue weighted by Crippen LogP contribution is 2.23. The topological polar surface area (TPSA) is 51.2 Å². The number of rotatable bonds is 2. The molecule has 1 saturated heterocycles. The Morgan fingerprint density at radius 2 is 2.00 bits per heavy atom. The summed E-state index contributed by atoms with van der Waals surface area (Å²) in [5, 5.41) is -0.678. The minimum absolute atomic E-state index is 0.128. The molecule has 0 bridgehead atoms. The van der Waals surface area contributed by atoms with E-state index < -0.39 is 15.1 Å². The van der Waals surface area contributed by atoms with Crippen molar-refractivity contribution in [2.45, 2.75) is 25.5 Å². The summed E-state index contributed by atoms with van der Waals surface area (Å²) in [6, 6.07) is 0. The lowest BCUT2D eigenvalue weighted by Gasteiger charge is -2.25. The molecule has 64 valence electrons. The van der Waals surface area contributed by atoms with E-state index in [2.05, 4.69) is 0 Å². The van der Waals surface area contributed by atoms with Gasteiger partial charge in [0.15, 0.2) is 15.6 Å². The lowest BCUT2D eigenvalue weighted by Crippen LogP contribution is -2.44. The molecular weight excluding hydrogens is 164 g/mol. The number of ketones is 1. The van der Waals surface area contributed by atoms with Crippen LogP contribution >= 0.6 is 0 Å². The van der Waals surface area contributed by atoms with Crippen molar-refractivity contribution in [1.29, 1.82) is 0 Å². The number of hydrogen-bond acceptors (Lipinski definition) is 3. The lowest BCUT2D eigenvalue weighted by molar-refractivity contribution is -0.121. The Hall–Kier alpha value is -0.380. The van der Waals surface area contributed by atoms with Crippen molar-refractivity contribution < 1.29 is 13.2 Å². The van der Waals surface area contributed by atoms with Crippen LogP contribution in [0.5, 0.6) is 0 Å². The molecule has 1 atom stereocenters. The zero-order valence-electron chi connectivity index (χ0n) is 6.70. The van der Waals surface area contributed by atoms with Crippen LogP contribution in [0.2, 0.25) is 0 Å². The molecule has 0 amide bonds. The Morgan fingerprint density at radius 3 is 2.09 bits per heavy atom. The minimum atomic E-state index is -3.02. The van der Waals surface area contributed by atoms with Gasteiger partial charge in [0.05, 0.1) is 5.75 Å². The van der Waals surface area contributed by atoms with Gasteiger partial charge < -0.3 is 0 Å². The second kappa shape index (κ2) is 2.59. The maximum absolute atomic E-state index is 11.2. The smallest absolute Gasteiger partial charge is 0.160 e. The maximum Gasteiger partial charge on any atom is 0.160 e. The molecule has 1 unspecified atom stereocenters. The van der Waals surface area contributed by atoms with Gasteiger partial charge in [-0.1, -0.05) is 13.8 Å². The van der Waals surface area contributed by atoms with Crippen LogP contribution in [-0.2, 0) is 14.6 Å². The average molecular weight is 176 g/mol. The molecule has 0 radical (unpaired) electrons. The molecular formula is C7H12O3S. The van der Waals surface area contributed by atoms with E-state index in [0.717, 1.165) is 0 Å². The van der Waals surface area contributed by atoms with E-state index in [-0.39, 0.29) is 17.5 Å². The van der Waals surface area contributed by atoms with Gasteiger partial charge in [0.2, 0.25) is 0 Å². The van der Waals surface area contributed by atoms with E-state index >= 15 is 0 Å². The van der Waals surface area contributed by atoms with E-state index in [1.54, 1.807) is 13.8 Å². The highest BCUT2D eigenvalue weighted by molar-refractivity contribution is 7.94. The van der Waals surface area contributed by atoms with Crippen LogP contribution in [0.15, 0.2) is 0 Å². The third-order valence-electron chi connectivity index (χ3n) is 1.98. The monoisotopic (exact) mass is 176 g/mol. The number of sulfone groups is 1. The predicted molar refractivity (Wildman–Crippen MR) is 42.0 cm³/mol. The van der Waals surface area contributed by atoms with Gasteiger partial charge in [-0.05, 0) is 6.42 Å². The van der Waals surface area contributed by atoms with Crippen LogP contribution in [0.25, 0.3) is 0 Å². The largest absolute Gasteiger partial charge is 0.298 e. The summed E-state index contributed by atoms with van der Waals surface area (Å²) in [7, 11) is -3.02.